The first kappa shape index (κ1) is 25.3. The Morgan fingerprint density at radius 3 is 2.65 bits per heavy atom. The molecule has 4 N–H and O–H groups in total. The number of anilines is 1. The molecule has 4 bridgehead atoms. The zero-order chi connectivity index (χ0) is 23.6. The van der Waals surface area contributed by atoms with Gasteiger partial charge in [-0.15, -0.1) is 24.8 Å². The monoisotopic (exact) mass is 545 g/mol. The van der Waals surface area contributed by atoms with E-state index in [1.807, 2.05) is 36.4 Å². The minimum atomic E-state index is -1.37. The van der Waals surface area contributed by atoms with Crippen molar-refractivity contribution in [3.05, 3.63) is 53.6 Å². The summed E-state index contributed by atoms with van der Waals surface area (Å²) in [6.45, 7) is 2.05. The van der Waals surface area contributed by atoms with E-state index >= 15 is 0 Å². The maximum Gasteiger partial charge on any atom is 0.244 e. The molecule has 3 aliphatic carbocycles. The Balaban J connectivity index is 0.00000126. The number of carbonyl (C=O) groups excluding carboxylic acids is 1. The average Bonchev–Trinajstić information content (AvgIpc) is 3.60. The van der Waals surface area contributed by atoms with Gasteiger partial charge in [0.1, 0.15) is 17.7 Å². The van der Waals surface area contributed by atoms with Gasteiger partial charge in [-0.1, -0.05) is 24.3 Å². The van der Waals surface area contributed by atoms with E-state index in [0.717, 1.165) is 43.8 Å². The van der Waals surface area contributed by atoms with E-state index in [2.05, 4.69) is 15.5 Å². The van der Waals surface area contributed by atoms with Crippen LogP contribution in [0.2, 0.25) is 0 Å². The Labute approximate surface area is 228 Å². The lowest BCUT2D eigenvalue weighted by Gasteiger charge is -2.73. The first-order valence-corrected chi connectivity index (χ1v) is 13.1. The van der Waals surface area contributed by atoms with Crippen molar-refractivity contribution < 1.29 is 19.7 Å². The molecule has 7 aliphatic rings. The van der Waals surface area contributed by atoms with Gasteiger partial charge in [-0.05, 0) is 74.8 Å². The molecule has 3 saturated heterocycles. The molecule has 1 amide bonds. The van der Waals surface area contributed by atoms with Gasteiger partial charge in [0, 0.05) is 29.4 Å². The van der Waals surface area contributed by atoms with Crippen LogP contribution in [0.1, 0.15) is 43.2 Å². The molecule has 2 aromatic rings. The van der Waals surface area contributed by atoms with E-state index in [0.29, 0.717) is 17.9 Å². The molecule has 6 atom stereocenters. The van der Waals surface area contributed by atoms with Gasteiger partial charge in [0.25, 0.3) is 0 Å². The van der Waals surface area contributed by atoms with E-state index in [1.165, 1.54) is 18.4 Å². The number of nitrogens with one attached hydrogen (secondary N) is 2. The Morgan fingerprint density at radius 1 is 1.11 bits per heavy atom. The molecule has 4 aliphatic heterocycles. The summed E-state index contributed by atoms with van der Waals surface area (Å²) in [5, 5.41) is 29.9. The maximum atomic E-state index is 13.7. The molecule has 198 valence electrons. The highest BCUT2D eigenvalue weighted by atomic mass is 35.5. The van der Waals surface area contributed by atoms with Crippen LogP contribution in [0.4, 0.5) is 5.69 Å². The van der Waals surface area contributed by atoms with Crippen molar-refractivity contribution >= 4 is 36.4 Å². The first-order chi connectivity index (χ1) is 17.0. The van der Waals surface area contributed by atoms with Crippen LogP contribution in [0.3, 0.4) is 0 Å². The van der Waals surface area contributed by atoms with Crippen LogP contribution in [0.25, 0.3) is 0 Å². The van der Waals surface area contributed by atoms with Crippen molar-refractivity contribution in [3.8, 4) is 11.5 Å². The third-order valence-corrected chi connectivity index (χ3v) is 10.1. The summed E-state index contributed by atoms with van der Waals surface area (Å²) in [4.78, 5) is 16.4. The molecule has 7 nitrogen and oxygen atoms in total. The minimum absolute atomic E-state index is 0. The van der Waals surface area contributed by atoms with Crippen LogP contribution in [0.15, 0.2) is 42.5 Å². The second-order valence-corrected chi connectivity index (χ2v) is 11.7. The summed E-state index contributed by atoms with van der Waals surface area (Å²) in [6.07, 6.45) is 5.05. The molecule has 2 spiro atoms. The summed E-state index contributed by atoms with van der Waals surface area (Å²) < 4.78 is 6.56. The largest absolute Gasteiger partial charge is 0.504 e. The number of nitrogens with zero attached hydrogens (tertiary/aromatic N) is 1. The highest BCUT2D eigenvalue weighted by molar-refractivity contribution is 5.96. The average molecular weight is 546 g/mol. The molecule has 9 rings (SSSR count). The Hall–Kier alpha value is -2.03. The fourth-order valence-corrected chi connectivity index (χ4v) is 8.57. The number of ether oxygens (including phenoxy) is 1. The third kappa shape index (κ3) is 3.03. The number of aromatic hydroxyl groups is 1. The highest BCUT2D eigenvalue weighted by Crippen LogP contribution is 2.69. The number of likely N-dealkylation sites (tertiary alicyclic amines) is 1. The van der Waals surface area contributed by atoms with Crippen LogP contribution < -0.4 is 15.4 Å². The van der Waals surface area contributed by atoms with Gasteiger partial charge in [0.05, 0.1) is 5.41 Å². The molecule has 37 heavy (non-hydrogen) atoms. The molecule has 0 radical (unpaired) electrons. The second kappa shape index (κ2) is 8.23. The van der Waals surface area contributed by atoms with Crippen LogP contribution in [-0.4, -0.2) is 63.4 Å². The summed E-state index contributed by atoms with van der Waals surface area (Å²) in [5.74, 6) is 1.20. The Bertz CT molecular complexity index is 1260. The quantitative estimate of drug-likeness (QED) is 0.471. The number of fused-ring (bicyclic) bond motifs is 2. The van der Waals surface area contributed by atoms with E-state index in [9.17, 15) is 15.0 Å². The van der Waals surface area contributed by atoms with Gasteiger partial charge in [0.15, 0.2) is 11.5 Å². The number of rotatable bonds is 4. The van der Waals surface area contributed by atoms with Gasteiger partial charge in [-0.3, -0.25) is 15.0 Å². The normalized spacial score (nSPS) is 38.0. The van der Waals surface area contributed by atoms with Crippen molar-refractivity contribution in [1.82, 2.24) is 10.2 Å². The molecule has 0 aromatic heterocycles. The third-order valence-electron chi connectivity index (χ3n) is 10.1. The number of amides is 1. The molecular formula is C28H33Cl2N3O4. The van der Waals surface area contributed by atoms with Gasteiger partial charge in [-0.2, -0.15) is 0 Å². The number of hydrogen-bond acceptors (Lipinski definition) is 6. The number of phenols is 1. The van der Waals surface area contributed by atoms with Crippen LogP contribution in [0.5, 0.6) is 11.5 Å². The SMILES string of the molecule is Cl.Cl.O=C(Nc1ccccc1)[C@H]1N[C@@]23CC[C@]1(O)[C@@H]1Oc4c(O)ccc5c4[C@@]12CCN(CC1CC1)[C@@H]3C5. The molecule has 2 aromatic carbocycles. The highest BCUT2D eigenvalue weighted by Gasteiger charge is 2.81. The Kier molecular flexibility index (Phi) is 5.62. The Morgan fingerprint density at radius 2 is 1.89 bits per heavy atom. The fourth-order valence-electron chi connectivity index (χ4n) is 8.57. The van der Waals surface area contributed by atoms with Crippen LogP contribution in [0, 0.1) is 5.92 Å². The summed E-state index contributed by atoms with van der Waals surface area (Å²) in [5.41, 5.74) is 0.808. The number of aliphatic hydroxyl groups is 1. The predicted molar refractivity (Wildman–Crippen MR) is 144 cm³/mol. The van der Waals surface area contributed by atoms with Crippen molar-refractivity contribution in [2.75, 3.05) is 18.4 Å². The number of phenolic OH excluding ortho intramolecular Hbond substituents is 1. The van der Waals surface area contributed by atoms with Crippen LogP contribution in [-0.2, 0) is 16.6 Å². The zero-order valence-corrected chi connectivity index (χ0v) is 22.1. The van der Waals surface area contributed by atoms with Crippen molar-refractivity contribution in [2.45, 2.75) is 73.3 Å². The number of carbonyl (C=O) groups is 1. The number of benzene rings is 2. The zero-order valence-electron chi connectivity index (χ0n) is 20.5. The lowest BCUT2D eigenvalue weighted by molar-refractivity contribution is -0.230. The smallest absolute Gasteiger partial charge is 0.244 e. The van der Waals surface area contributed by atoms with Gasteiger partial charge in [-0.25, -0.2) is 0 Å². The molecule has 4 heterocycles. The van der Waals surface area contributed by atoms with Crippen molar-refractivity contribution in [2.24, 2.45) is 5.92 Å². The minimum Gasteiger partial charge on any atom is -0.504 e. The van der Waals surface area contributed by atoms with Crippen LogP contribution >= 0.6 is 24.8 Å². The molecule has 5 fully saturated rings. The molecule has 2 saturated carbocycles. The number of piperidine rings is 3. The van der Waals surface area contributed by atoms with E-state index in [1.54, 1.807) is 6.07 Å². The predicted octanol–water partition coefficient (Wildman–Crippen LogP) is 3.15. The summed E-state index contributed by atoms with van der Waals surface area (Å²) >= 11 is 0. The fraction of sp³-hybridized carbons (Fsp3) is 0.536. The van der Waals surface area contributed by atoms with Crippen molar-refractivity contribution in [1.29, 1.82) is 0 Å². The van der Waals surface area contributed by atoms with E-state index in [-0.39, 0.29) is 48.1 Å². The van der Waals surface area contributed by atoms with Crippen molar-refractivity contribution in [3.63, 3.8) is 0 Å². The molecular weight excluding hydrogens is 513 g/mol. The number of hydrogen-bond donors (Lipinski definition) is 4. The molecule has 0 unspecified atom stereocenters. The number of para-hydroxylation sites is 1. The summed E-state index contributed by atoms with van der Waals surface area (Å²) in [7, 11) is 0. The first-order valence-electron chi connectivity index (χ1n) is 13.1. The summed E-state index contributed by atoms with van der Waals surface area (Å²) in [6, 6.07) is 12.6. The lowest BCUT2D eigenvalue weighted by Crippen LogP contribution is -2.92. The van der Waals surface area contributed by atoms with Gasteiger partial charge < -0.3 is 20.3 Å². The van der Waals surface area contributed by atoms with E-state index in [4.69, 9.17) is 4.74 Å². The lowest BCUT2D eigenvalue weighted by atomic mass is 9.41. The second-order valence-electron chi connectivity index (χ2n) is 11.7. The standard InChI is InChI=1S/C28H31N3O4.2ClH/c32-19-9-8-17-14-20-28-11-10-27(34,23(30-28)24(33)29-18-4-2-1-3-5-18)25-26(28,21(17)22(19)35-25)12-13-31(20)15-16-6-7-16;;/h1-5,8-9,16,20,23,25,30,32,34H,6-7,10-15H2,(H,29,33);2*1H/t20-,23-,25-,26+,27-,28-;;/m1../s1. The van der Waals surface area contributed by atoms with Gasteiger partial charge in [0.2, 0.25) is 5.91 Å². The molecule has 9 heteroatoms. The number of halogens is 2. The maximum absolute atomic E-state index is 13.7. The van der Waals surface area contributed by atoms with E-state index < -0.39 is 23.2 Å². The topological polar surface area (TPSA) is 94.1 Å². The van der Waals surface area contributed by atoms with Gasteiger partial charge >= 0.3 is 0 Å².